The van der Waals surface area contributed by atoms with Gasteiger partial charge in [0.2, 0.25) is 0 Å². The molecule has 0 radical (unpaired) electrons. The van der Waals surface area contributed by atoms with Gasteiger partial charge in [-0.2, -0.15) is 0 Å². The van der Waals surface area contributed by atoms with Crippen molar-refractivity contribution in [1.29, 1.82) is 0 Å². The average Bonchev–Trinajstić information content (AvgIpc) is 2.44. The highest BCUT2D eigenvalue weighted by molar-refractivity contribution is 8.07. The Morgan fingerprint density at radius 1 is 0.640 bits per heavy atom. The lowest BCUT2D eigenvalue weighted by atomic mass is 9.87. The third-order valence-electron chi connectivity index (χ3n) is 3.78. The molecule has 0 heterocycles. The van der Waals surface area contributed by atoms with Gasteiger partial charge in [0.05, 0.1) is 0 Å². The van der Waals surface area contributed by atoms with Crippen molar-refractivity contribution in [3.63, 3.8) is 0 Å². The summed E-state index contributed by atoms with van der Waals surface area (Å²) in [6, 6.07) is 11.0. The molecule has 2 aromatic carbocycles. The summed E-state index contributed by atoms with van der Waals surface area (Å²) < 4.78 is 5.66. The lowest BCUT2D eigenvalue weighted by Crippen LogP contribution is -2.10. The number of benzene rings is 2. The van der Waals surface area contributed by atoms with Crippen molar-refractivity contribution in [2.45, 2.75) is 62.2 Å². The lowest BCUT2D eigenvalue weighted by Gasteiger charge is -2.20. The number of phenols is 2. The van der Waals surface area contributed by atoms with E-state index in [1.807, 2.05) is 12.1 Å². The molecule has 0 aliphatic rings. The van der Waals surface area contributed by atoms with Crippen molar-refractivity contribution in [1.82, 2.24) is 0 Å². The Kier molecular flexibility index (Phi) is 6.02. The van der Waals surface area contributed by atoms with Gasteiger partial charge in [-0.25, -0.2) is 3.63 Å². The molecule has 0 aromatic heterocycles. The largest absolute Gasteiger partial charge is 0.508 e. The maximum Gasteiger partial charge on any atom is 0.117 e. The van der Waals surface area contributed by atoms with E-state index >= 15 is 0 Å². The maximum absolute atomic E-state index is 9.93. The van der Waals surface area contributed by atoms with Gasteiger partial charge < -0.3 is 10.2 Å². The van der Waals surface area contributed by atoms with E-state index in [1.54, 1.807) is 24.3 Å². The SMILES string of the molecule is CC(C)(C)c1cc(O)cc(SOSc2cc(O)cc(C(C)(C)C)c2)c1. The van der Waals surface area contributed by atoms with Crippen molar-refractivity contribution in [2.75, 3.05) is 0 Å². The van der Waals surface area contributed by atoms with E-state index in [2.05, 4.69) is 41.5 Å². The van der Waals surface area contributed by atoms with Gasteiger partial charge in [0, 0.05) is 33.9 Å². The van der Waals surface area contributed by atoms with Crippen molar-refractivity contribution >= 4 is 24.1 Å². The molecule has 0 amide bonds. The summed E-state index contributed by atoms with van der Waals surface area (Å²) in [7, 11) is 0. The third-order valence-corrected chi connectivity index (χ3v) is 5.18. The average molecular weight is 379 g/mol. The van der Waals surface area contributed by atoms with Crippen LogP contribution in [-0.2, 0) is 14.5 Å². The van der Waals surface area contributed by atoms with Gasteiger partial charge in [0.25, 0.3) is 0 Å². The predicted octanol–water partition coefficient (Wildman–Crippen LogP) is 6.42. The van der Waals surface area contributed by atoms with Crippen LogP contribution in [0.2, 0.25) is 0 Å². The molecule has 0 aliphatic heterocycles. The van der Waals surface area contributed by atoms with Crippen LogP contribution in [0.4, 0.5) is 0 Å². The fraction of sp³-hybridized carbons (Fsp3) is 0.400. The first-order chi connectivity index (χ1) is 11.4. The minimum Gasteiger partial charge on any atom is -0.508 e. The number of phenolic OH excluding ortho intramolecular Hbond substituents is 2. The first-order valence-corrected chi connectivity index (χ1v) is 9.64. The molecule has 0 atom stereocenters. The first-order valence-electron chi connectivity index (χ1n) is 8.15. The summed E-state index contributed by atoms with van der Waals surface area (Å²) in [6.45, 7) is 12.6. The Labute approximate surface area is 159 Å². The summed E-state index contributed by atoms with van der Waals surface area (Å²) in [6.07, 6.45) is 0. The highest BCUT2D eigenvalue weighted by Gasteiger charge is 2.17. The second-order valence-electron chi connectivity index (χ2n) is 8.17. The molecule has 0 unspecified atom stereocenters. The molecule has 0 spiro atoms. The zero-order valence-corrected chi connectivity index (χ0v) is 17.2. The van der Waals surface area contributed by atoms with Gasteiger partial charge in [0.1, 0.15) is 11.5 Å². The number of hydrogen-bond donors (Lipinski definition) is 2. The molecule has 5 heteroatoms. The Balaban J connectivity index is 2.09. The highest BCUT2D eigenvalue weighted by Crippen LogP contribution is 2.37. The van der Waals surface area contributed by atoms with Crippen molar-refractivity contribution in [2.24, 2.45) is 0 Å². The van der Waals surface area contributed by atoms with E-state index in [0.29, 0.717) is 0 Å². The summed E-state index contributed by atoms with van der Waals surface area (Å²) in [5.74, 6) is 0.465. The van der Waals surface area contributed by atoms with Crippen LogP contribution in [0.1, 0.15) is 52.7 Å². The molecule has 25 heavy (non-hydrogen) atoms. The molecule has 0 bridgehead atoms. The number of hydrogen-bond acceptors (Lipinski definition) is 5. The van der Waals surface area contributed by atoms with Crippen LogP contribution in [0.5, 0.6) is 11.5 Å². The predicted molar refractivity (Wildman–Crippen MR) is 106 cm³/mol. The van der Waals surface area contributed by atoms with Gasteiger partial charge >= 0.3 is 0 Å². The number of aromatic hydroxyl groups is 2. The summed E-state index contributed by atoms with van der Waals surface area (Å²) >= 11 is 2.40. The second-order valence-corrected chi connectivity index (χ2v) is 9.99. The Bertz CT molecular complexity index is 680. The fourth-order valence-corrected chi connectivity index (χ4v) is 3.68. The van der Waals surface area contributed by atoms with Gasteiger partial charge in [-0.15, -0.1) is 0 Å². The standard InChI is InChI=1S/C20H26O3S2/c1-19(2,3)13-7-15(21)11-17(9-13)24-23-25-18-10-14(20(4,5)6)8-16(22)12-18/h7-12,21-22H,1-6H3. The minimum absolute atomic E-state index is 0.0476. The van der Waals surface area contributed by atoms with E-state index in [4.69, 9.17) is 3.63 Å². The molecular weight excluding hydrogens is 352 g/mol. The van der Waals surface area contributed by atoms with E-state index in [1.165, 1.54) is 24.1 Å². The monoisotopic (exact) mass is 378 g/mol. The minimum atomic E-state index is -0.0476. The van der Waals surface area contributed by atoms with Crippen molar-refractivity contribution in [3.05, 3.63) is 47.5 Å². The Morgan fingerprint density at radius 2 is 1.00 bits per heavy atom. The van der Waals surface area contributed by atoms with E-state index in [0.717, 1.165) is 20.9 Å². The smallest absolute Gasteiger partial charge is 0.117 e. The molecule has 0 fully saturated rings. The molecule has 3 nitrogen and oxygen atoms in total. The molecule has 136 valence electrons. The Morgan fingerprint density at radius 3 is 1.32 bits per heavy atom. The first kappa shape index (κ1) is 20.0. The van der Waals surface area contributed by atoms with Crippen LogP contribution in [0.25, 0.3) is 0 Å². The summed E-state index contributed by atoms with van der Waals surface area (Å²) in [4.78, 5) is 1.68. The fourth-order valence-electron chi connectivity index (χ4n) is 2.22. The molecule has 2 aromatic rings. The Hall–Kier alpha value is -1.30. The molecule has 0 saturated heterocycles. The highest BCUT2D eigenvalue weighted by atomic mass is 32.2. The third kappa shape index (κ3) is 5.87. The zero-order valence-electron chi connectivity index (χ0n) is 15.6. The summed E-state index contributed by atoms with van der Waals surface area (Å²) in [5, 5.41) is 19.9. The quantitative estimate of drug-likeness (QED) is 0.601. The van der Waals surface area contributed by atoms with Gasteiger partial charge in [0.15, 0.2) is 0 Å². The van der Waals surface area contributed by atoms with E-state index in [-0.39, 0.29) is 22.3 Å². The van der Waals surface area contributed by atoms with Crippen LogP contribution in [-0.4, -0.2) is 10.2 Å². The molecular formula is C20H26O3S2. The van der Waals surface area contributed by atoms with E-state index in [9.17, 15) is 10.2 Å². The zero-order chi connectivity index (χ0) is 18.8. The maximum atomic E-state index is 9.93. The van der Waals surface area contributed by atoms with Crippen LogP contribution in [0.3, 0.4) is 0 Å². The van der Waals surface area contributed by atoms with Gasteiger partial charge in [-0.05, 0) is 58.4 Å². The van der Waals surface area contributed by atoms with Crippen LogP contribution >= 0.6 is 24.1 Å². The second kappa shape index (κ2) is 7.52. The van der Waals surface area contributed by atoms with Crippen molar-refractivity contribution < 1.29 is 13.8 Å². The molecule has 2 rings (SSSR count). The van der Waals surface area contributed by atoms with Crippen LogP contribution < -0.4 is 0 Å². The normalized spacial score (nSPS) is 12.4. The molecule has 0 saturated carbocycles. The molecule has 2 N–H and O–H groups in total. The topological polar surface area (TPSA) is 49.7 Å². The van der Waals surface area contributed by atoms with Crippen LogP contribution in [0.15, 0.2) is 46.2 Å². The van der Waals surface area contributed by atoms with Gasteiger partial charge in [-0.3, -0.25) is 0 Å². The van der Waals surface area contributed by atoms with E-state index < -0.39 is 0 Å². The van der Waals surface area contributed by atoms with Crippen LogP contribution in [0, 0.1) is 0 Å². The molecule has 0 aliphatic carbocycles. The lowest BCUT2D eigenvalue weighted by molar-refractivity contribution is 0.468. The van der Waals surface area contributed by atoms with Gasteiger partial charge in [-0.1, -0.05) is 41.5 Å². The van der Waals surface area contributed by atoms with Crippen molar-refractivity contribution in [3.8, 4) is 11.5 Å². The summed E-state index contributed by atoms with van der Waals surface area (Å²) in [5.41, 5.74) is 2.01. The number of rotatable bonds is 4.